The van der Waals surface area contributed by atoms with Gasteiger partial charge in [0.05, 0.1) is 17.4 Å². The molecule has 2 atom stereocenters. The Morgan fingerprint density at radius 3 is 2.05 bits per heavy atom. The van der Waals surface area contributed by atoms with Crippen LogP contribution in [0.2, 0.25) is 0 Å². The molecule has 0 unspecified atom stereocenters. The third kappa shape index (κ3) is 3.59. The van der Waals surface area contributed by atoms with Crippen LogP contribution in [0.15, 0.2) is 24.3 Å². The Kier molecular flexibility index (Phi) is 4.57. The molecule has 0 saturated heterocycles. The SMILES string of the molecule is O=C(O)c1ccc(NC(=O)[C@@H]2CCCC[C@@H]2C(=O)O)cc1. The Balaban J connectivity index is 2.05. The van der Waals surface area contributed by atoms with Crippen molar-refractivity contribution >= 4 is 23.5 Å². The molecule has 6 heteroatoms. The van der Waals surface area contributed by atoms with E-state index < -0.39 is 23.8 Å². The monoisotopic (exact) mass is 291 g/mol. The van der Waals surface area contributed by atoms with Gasteiger partial charge in [-0.2, -0.15) is 0 Å². The molecule has 0 bridgehead atoms. The van der Waals surface area contributed by atoms with Gasteiger partial charge < -0.3 is 15.5 Å². The van der Waals surface area contributed by atoms with E-state index in [2.05, 4.69) is 5.32 Å². The molecule has 1 fully saturated rings. The smallest absolute Gasteiger partial charge is 0.335 e. The number of aliphatic carboxylic acids is 1. The van der Waals surface area contributed by atoms with Crippen LogP contribution < -0.4 is 5.32 Å². The summed E-state index contributed by atoms with van der Waals surface area (Å²) in [4.78, 5) is 34.2. The molecular weight excluding hydrogens is 274 g/mol. The lowest BCUT2D eigenvalue weighted by atomic mass is 9.78. The average Bonchev–Trinajstić information content (AvgIpc) is 2.47. The van der Waals surface area contributed by atoms with Crippen molar-refractivity contribution < 1.29 is 24.6 Å². The van der Waals surface area contributed by atoms with Gasteiger partial charge in [0.15, 0.2) is 0 Å². The minimum Gasteiger partial charge on any atom is -0.481 e. The van der Waals surface area contributed by atoms with Crippen molar-refractivity contribution in [2.24, 2.45) is 11.8 Å². The highest BCUT2D eigenvalue weighted by Crippen LogP contribution is 2.31. The molecule has 112 valence electrons. The van der Waals surface area contributed by atoms with Crippen molar-refractivity contribution in [3.8, 4) is 0 Å². The summed E-state index contributed by atoms with van der Waals surface area (Å²) in [7, 11) is 0. The Labute approximate surface area is 121 Å². The predicted molar refractivity (Wildman–Crippen MR) is 75.1 cm³/mol. The molecule has 1 aromatic carbocycles. The quantitative estimate of drug-likeness (QED) is 0.789. The molecule has 1 aliphatic rings. The fraction of sp³-hybridized carbons (Fsp3) is 0.400. The summed E-state index contributed by atoms with van der Waals surface area (Å²) in [5.41, 5.74) is 0.605. The van der Waals surface area contributed by atoms with Crippen molar-refractivity contribution in [1.82, 2.24) is 0 Å². The molecule has 1 amide bonds. The van der Waals surface area contributed by atoms with Gasteiger partial charge in [0.2, 0.25) is 5.91 Å². The summed E-state index contributed by atoms with van der Waals surface area (Å²) >= 11 is 0. The summed E-state index contributed by atoms with van der Waals surface area (Å²) in [6, 6.07) is 5.79. The summed E-state index contributed by atoms with van der Waals surface area (Å²) in [6.07, 6.45) is 2.76. The number of benzene rings is 1. The maximum atomic E-state index is 12.2. The normalized spacial score (nSPS) is 21.5. The molecule has 0 aromatic heterocycles. The summed E-state index contributed by atoms with van der Waals surface area (Å²) in [5.74, 6) is -3.46. The van der Waals surface area contributed by atoms with E-state index in [4.69, 9.17) is 5.11 Å². The zero-order chi connectivity index (χ0) is 15.4. The molecule has 1 aromatic rings. The van der Waals surface area contributed by atoms with Crippen molar-refractivity contribution in [3.05, 3.63) is 29.8 Å². The second kappa shape index (κ2) is 6.39. The van der Waals surface area contributed by atoms with Gasteiger partial charge in [0.25, 0.3) is 0 Å². The molecule has 0 aliphatic heterocycles. The minimum absolute atomic E-state index is 0.133. The fourth-order valence-electron chi connectivity index (χ4n) is 2.67. The van der Waals surface area contributed by atoms with Crippen molar-refractivity contribution in [3.63, 3.8) is 0 Å². The highest BCUT2D eigenvalue weighted by atomic mass is 16.4. The molecule has 0 heterocycles. The first-order chi connectivity index (χ1) is 9.99. The van der Waals surface area contributed by atoms with Crippen LogP contribution in [0.3, 0.4) is 0 Å². The number of carboxylic acid groups (broad SMARTS) is 2. The number of nitrogens with one attached hydrogen (secondary N) is 1. The van der Waals surface area contributed by atoms with Crippen LogP contribution in [-0.2, 0) is 9.59 Å². The molecule has 1 aliphatic carbocycles. The average molecular weight is 291 g/mol. The number of carbonyl (C=O) groups excluding carboxylic acids is 1. The van der Waals surface area contributed by atoms with Crippen molar-refractivity contribution in [2.75, 3.05) is 5.32 Å². The molecule has 3 N–H and O–H groups in total. The lowest BCUT2D eigenvalue weighted by Crippen LogP contribution is -2.36. The zero-order valence-corrected chi connectivity index (χ0v) is 11.4. The van der Waals surface area contributed by atoms with Gasteiger partial charge in [-0.1, -0.05) is 12.8 Å². The van der Waals surface area contributed by atoms with Crippen LogP contribution in [0.25, 0.3) is 0 Å². The summed E-state index contributed by atoms with van der Waals surface area (Å²) < 4.78 is 0. The standard InChI is InChI=1S/C15H17NO5/c17-13(11-3-1-2-4-12(11)15(20)21)16-10-7-5-9(6-8-10)14(18)19/h5-8,11-12H,1-4H2,(H,16,17)(H,18,19)(H,20,21)/t11-,12+/m1/s1. The van der Waals surface area contributed by atoms with E-state index in [0.29, 0.717) is 18.5 Å². The Morgan fingerprint density at radius 1 is 0.952 bits per heavy atom. The Morgan fingerprint density at radius 2 is 1.52 bits per heavy atom. The maximum absolute atomic E-state index is 12.2. The third-order valence-electron chi connectivity index (χ3n) is 3.82. The molecule has 2 rings (SSSR count). The number of carboxylic acids is 2. The highest BCUT2D eigenvalue weighted by molar-refractivity contribution is 5.96. The van der Waals surface area contributed by atoms with E-state index in [1.165, 1.54) is 24.3 Å². The lowest BCUT2D eigenvalue weighted by Gasteiger charge is -2.27. The topological polar surface area (TPSA) is 104 Å². The third-order valence-corrected chi connectivity index (χ3v) is 3.82. The van der Waals surface area contributed by atoms with Gasteiger partial charge in [-0.05, 0) is 37.1 Å². The molecular formula is C15H17NO5. The number of rotatable bonds is 4. The minimum atomic E-state index is -1.04. The number of anilines is 1. The van der Waals surface area contributed by atoms with E-state index in [0.717, 1.165) is 12.8 Å². The second-order valence-corrected chi connectivity index (χ2v) is 5.21. The molecule has 21 heavy (non-hydrogen) atoms. The Bertz CT molecular complexity index is 552. The first kappa shape index (κ1) is 15.0. The van der Waals surface area contributed by atoms with Crippen molar-refractivity contribution in [2.45, 2.75) is 25.7 Å². The number of hydrogen-bond donors (Lipinski definition) is 3. The van der Waals surface area contributed by atoms with Gasteiger partial charge in [-0.15, -0.1) is 0 Å². The zero-order valence-electron chi connectivity index (χ0n) is 11.4. The summed E-state index contributed by atoms with van der Waals surface area (Å²) in [5, 5.41) is 20.6. The number of hydrogen-bond acceptors (Lipinski definition) is 3. The van der Waals surface area contributed by atoms with E-state index in [1.807, 2.05) is 0 Å². The van der Waals surface area contributed by atoms with Crippen LogP contribution in [0, 0.1) is 11.8 Å². The van der Waals surface area contributed by atoms with Gasteiger partial charge in [0.1, 0.15) is 0 Å². The van der Waals surface area contributed by atoms with Crippen LogP contribution in [0.5, 0.6) is 0 Å². The number of aromatic carboxylic acids is 1. The molecule has 1 saturated carbocycles. The van der Waals surface area contributed by atoms with Crippen LogP contribution in [0.1, 0.15) is 36.0 Å². The largest absolute Gasteiger partial charge is 0.481 e. The van der Waals surface area contributed by atoms with Gasteiger partial charge in [0, 0.05) is 5.69 Å². The van der Waals surface area contributed by atoms with E-state index in [-0.39, 0.29) is 11.5 Å². The van der Waals surface area contributed by atoms with Gasteiger partial charge in [-0.25, -0.2) is 4.79 Å². The molecule has 6 nitrogen and oxygen atoms in total. The highest BCUT2D eigenvalue weighted by Gasteiger charge is 2.35. The van der Waals surface area contributed by atoms with Crippen molar-refractivity contribution in [1.29, 1.82) is 0 Å². The molecule has 0 radical (unpaired) electrons. The van der Waals surface area contributed by atoms with E-state index >= 15 is 0 Å². The van der Waals surface area contributed by atoms with Crippen LogP contribution in [-0.4, -0.2) is 28.1 Å². The second-order valence-electron chi connectivity index (χ2n) is 5.21. The number of amides is 1. The van der Waals surface area contributed by atoms with Gasteiger partial charge >= 0.3 is 11.9 Å². The lowest BCUT2D eigenvalue weighted by molar-refractivity contribution is -0.147. The van der Waals surface area contributed by atoms with Crippen LogP contribution >= 0.6 is 0 Å². The van der Waals surface area contributed by atoms with E-state index in [1.54, 1.807) is 0 Å². The predicted octanol–water partition coefficient (Wildman–Crippen LogP) is 2.21. The first-order valence-corrected chi connectivity index (χ1v) is 6.86. The van der Waals surface area contributed by atoms with E-state index in [9.17, 15) is 19.5 Å². The molecule has 0 spiro atoms. The summed E-state index contributed by atoms with van der Waals surface area (Å²) in [6.45, 7) is 0. The first-order valence-electron chi connectivity index (χ1n) is 6.86. The maximum Gasteiger partial charge on any atom is 0.335 e. The van der Waals surface area contributed by atoms with Crippen LogP contribution in [0.4, 0.5) is 5.69 Å². The Hall–Kier alpha value is -2.37. The van der Waals surface area contributed by atoms with Gasteiger partial charge in [-0.3, -0.25) is 9.59 Å². The fourth-order valence-corrected chi connectivity index (χ4v) is 2.67. The number of carbonyl (C=O) groups is 3.